The summed E-state index contributed by atoms with van der Waals surface area (Å²) in [5.74, 6) is 1.45. The van der Waals surface area contributed by atoms with Gasteiger partial charge in [0.25, 0.3) is 0 Å². The fraction of sp³-hybridized carbons (Fsp3) is 0.667. The molecule has 6 aliphatic rings. The number of carbonyl (C=O) groups excluding carboxylic acids is 4. The maximum Gasteiger partial charge on any atom is 0.239 e. The average Bonchev–Trinajstić information content (AvgIpc) is 3.47. The van der Waals surface area contributed by atoms with Gasteiger partial charge in [0.05, 0.1) is 23.9 Å². The number of hydrogen-bond acceptors (Lipinski definition) is 4. The zero-order valence-corrected chi connectivity index (χ0v) is 27.5. The summed E-state index contributed by atoms with van der Waals surface area (Å²) in [4.78, 5) is 53.0. The van der Waals surface area contributed by atoms with Crippen molar-refractivity contribution in [2.24, 2.45) is 46.3 Å². The van der Waals surface area contributed by atoms with E-state index in [1.54, 1.807) is 0 Å². The van der Waals surface area contributed by atoms with Gasteiger partial charge >= 0.3 is 0 Å². The highest BCUT2D eigenvalue weighted by Gasteiger charge is 2.99. The molecule has 4 amide bonds. The minimum atomic E-state index is -0.738. The smallest absolute Gasteiger partial charge is 0.239 e. The quantitative estimate of drug-likeness (QED) is 0.196. The van der Waals surface area contributed by atoms with Crippen LogP contribution in [0.1, 0.15) is 80.1 Å². The van der Waals surface area contributed by atoms with Gasteiger partial charge < -0.3 is 21.3 Å². The maximum absolute atomic E-state index is 13.9. The van der Waals surface area contributed by atoms with Gasteiger partial charge in [-0.05, 0) is 116 Å². The molecule has 8 heteroatoms. The molecule has 8 atom stereocenters. The summed E-state index contributed by atoms with van der Waals surface area (Å²) >= 11 is 0. The molecule has 6 rings (SSSR count). The van der Waals surface area contributed by atoms with Crippen molar-refractivity contribution in [2.45, 2.75) is 80.1 Å². The molecule has 44 heavy (non-hydrogen) atoms. The second kappa shape index (κ2) is 12.7. The average molecular weight is 605 g/mol. The topological polar surface area (TPSA) is 116 Å². The van der Waals surface area contributed by atoms with Crippen LogP contribution in [0.2, 0.25) is 0 Å². The summed E-state index contributed by atoms with van der Waals surface area (Å²) in [6.45, 7) is 13.2. The van der Waals surface area contributed by atoms with E-state index in [1.807, 2.05) is 12.2 Å². The zero-order chi connectivity index (χ0) is 31.8. The van der Waals surface area contributed by atoms with Gasteiger partial charge in [-0.2, -0.15) is 0 Å². The molecule has 6 unspecified atom stereocenters. The lowest BCUT2D eigenvalue weighted by Gasteiger charge is -2.73. The van der Waals surface area contributed by atoms with E-state index in [0.29, 0.717) is 30.8 Å². The van der Waals surface area contributed by atoms with Crippen molar-refractivity contribution in [1.82, 2.24) is 21.3 Å². The van der Waals surface area contributed by atoms with Gasteiger partial charge in [-0.25, -0.2) is 0 Å². The molecule has 0 aromatic heterocycles. The van der Waals surface area contributed by atoms with E-state index in [2.05, 4.69) is 75.0 Å². The fourth-order valence-corrected chi connectivity index (χ4v) is 10.0. The minimum absolute atomic E-state index is 0.0878. The zero-order valence-electron chi connectivity index (χ0n) is 27.5. The Balaban J connectivity index is 1.12. The first-order valence-corrected chi connectivity index (χ1v) is 16.6. The second-order valence-corrected chi connectivity index (χ2v) is 14.6. The van der Waals surface area contributed by atoms with Crippen LogP contribution < -0.4 is 21.3 Å². The highest BCUT2D eigenvalue weighted by Crippen LogP contribution is 2.97. The molecule has 4 N–H and O–H groups in total. The van der Waals surface area contributed by atoms with Gasteiger partial charge in [-0.3, -0.25) is 19.2 Å². The first-order valence-electron chi connectivity index (χ1n) is 16.6. The summed E-state index contributed by atoms with van der Waals surface area (Å²) in [5, 5.41) is 11.6. The van der Waals surface area contributed by atoms with Crippen molar-refractivity contribution in [3.8, 4) is 0 Å². The van der Waals surface area contributed by atoms with Crippen molar-refractivity contribution in [2.75, 3.05) is 26.2 Å². The highest BCUT2D eigenvalue weighted by molar-refractivity contribution is 6.01. The number of amides is 4. The molecular weight excluding hydrogens is 552 g/mol. The van der Waals surface area contributed by atoms with Gasteiger partial charge in [-0.1, -0.05) is 46.6 Å². The number of allylic oxidation sites excluding steroid dienone is 6. The summed E-state index contributed by atoms with van der Waals surface area (Å²) in [6, 6.07) is 0. The van der Waals surface area contributed by atoms with E-state index in [1.165, 1.54) is 22.3 Å². The van der Waals surface area contributed by atoms with Crippen LogP contribution in [0.3, 0.4) is 0 Å². The van der Waals surface area contributed by atoms with Crippen LogP contribution in [0.5, 0.6) is 0 Å². The third-order valence-electron chi connectivity index (χ3n) is 11.6. The monoisotopic (exact) mass is 604 g/mol. The minimum Gasteiger partial charge on any atom is -0.351 e. The third kappa shape index (κ3) is 5.26. The van der Waals surface area contributed by atoms with Crippen LogP contribution in [0.4, 0.5) is 0 Å². The van der Waals surface area contributed by atoms with Gasteiger partial charge in [0, 0.05) is 13.1 Å². The lowest BCUT2D eigenvalue weighted by molar-refractivity contribution is -0.272. The lowest BCUT2D eigenvalue weighted by Crippen LogP contribution is -2.80. The fourth-order valence-electron chi connectivity index (χ4n) is 10.0. The van der Waals surface area contributed by atoms with Gasteiger partial charge in [0.1, 0.15) is 0 Å². The van der Waals surface area contributed by atoms with Crippen molar-refractivity contribution in [3.63, 3.8) is 0 Å². The Morgan fingerprint density at radius 3 is 1.70 bits per heavy atom. The Hall–Kier alpha value is -3.16. The van der Waals surface area contributed by atoms with Crippen molar-refractivity contribution in [1.29, 1.82) is 0 Å². The molecule has 6 aliphatic carbocycles. The first kappa shape index (κ1) is 32.2. The van der Waals surface area contributed by atoms with E-state index in [4.69, 9.17) is 0 Å². The molecule has 0 aromatic rings. The molecule has 6 fully saturated rings. The molecule has 0 radical (unpaired) electrons. The summed E-state index contributed by atoms with van der Waals surface area (Å²) in [6.07, 6.45) is 14.1. The predicted molar refractivity (Wildman–Crippen MR) is 172 cm³/mol. The van der Waals surface area contributed by atoms with Crippen LogP contribution in [0, 0.1) is 46.3 Å². The van der Waals surface area contributed by atoms with Crippen LogP contribution in [-0.4, -0.2) is 49.8 Å². The van der Waals surface area contributed by atoms with Crippen LogP contribution in [-0.2, 0) is 19.2 Å². The Labute approximate surface area is 263 Å². The van der Waals surface area contributed by atoms with E-state index >= 15 is 0 Å². The number of nitrogens with one attached hydrogen (secondary N) is 4. The molecule has 8 nitrogen and oxygen atoms in total. The van der Waals surface area contributed by atoms with Crippen molar-refractivity contribution < 1.29 is 19.2 Å². The highest BCUT2D eigenvalue weighted by atomic mass is 16.2. The van der Waals surface area contributed by atoms with Gasteiger partial charge in [-0.15, -0.1) is 0 Å². The number of rotatable bonds is 16. The van der Waals surface area contributed by atoms with E-state index in [0.717, 1.165) is 38.5 Å². The molecular formula is C36H52N4O4. The summed E-state index contributed by atoms with van der Waals surface area (Å²) < 4.78 is 0. The lowest BCUT2D eigenvalue weighted by atomic mass is 9.28. The largest absolute Gasteiger partial charge is 0.351 e. The van der Waals surface area contributed by atoms with Crippen LogP contribution in [0.25, 0.3) is 0 Å². The molecule has 0 spiro atoms. The van der Waals surface area contributed by atoms with Crippen molar-refractivity contribution >= 4 is 23.6 Å². The van der Waals surface area contributed by atoms with E-state index in [-0.39, 0.29) is 54.5 Å². The molecule has 0 aliphatic heterocycles. The van der Waals surface area contributed by atoms with Crippen molar-refractivity contribution in [3.05, 3.63) is 46.6 Å². The van der Waals surface area contributed by atoms with Gasteiger partial charge in [0.15, 0.2) is 0 Å². The van der Waals surface area contributed by atoms with Crippen LogP contribution >= 0.6 is 0 Å². The van der Waals surface area contributed by atoms with Gasteiger partial charge in [0.2, 0.25) is 23.6 Å². The van der Waals surface area contributed by atoms with E-state index < -0.39 is 10.8 Å². The molecule has 6 saturated carbocycles. The summed E-state index contributed by atoms with van der Waals surface area (Å²) in [5.41, 5.74) is 3.57. The normalized spacial score (nSPS) is 33.2. The predicted octanol–water partition coefficient (Wildman–Crippen LogP) is 4.35. The molecule has 4 bridgehead atoms. The third-order valence-corrected chi connectivity index (χ3v) is 11.6. The summed E-state index contributed by atoms with van der Waals surface area (Å²) in [7, 11) is 0. The molecule has 0 aromatic carbocycles. The first-order chi connectivity index (χ1) is 20.9. The molecule has 0 heterocycles. The Kier molecular flexibility index (Phi) is 9.29. The maximum atomic E-state index is 13.9. The second-order valence-electron chi connectivity index (χ2n) is 14.6. The van der Waals surface area contributed by atoms with E-state index in [9.17, 15) is 19.2 Å². The molecule has 240 valence electrons. The number of hydrogen-bond donors (Lipinski definition) is 4. The molecule has 0 saturated heterocycles. The van der Waals surface area contributed by atoms with Crippen LogP contribution in [0.15, 0.2) is 46.6 Å². The Morgan fingerprint density at radius 1 is 0.659 bits per heavy atom. The number of carbonyl (C=O) groups is 4. The Morgan fingerprint density at radius 2 is 1.18 bits per heavy atom. The Bertz CT molecular complexity index is 1320. The SMILES string of the molecule is CC(C)=CCC/C(C)=C/CNC(=O)CNC(=O)[C@]12C3CC4C5C3C[C@@]1(C(=O)NCC(=O)NC/C=C(\C)CCC=C(C)C)C5C42. The standard InChI is InChI=1S/C36H52N4O4/c1-21(2)9-7-11-23(5)13-15-37-28(41)19-39-33(43)35-18-26-27-17-25-30(26)32(35)31(25)36(27,35)34(44)40-20-29(42)38-16-14-24(6)12-8-10-22(3)4/h9-10,13-14,25-27,30-32H,7-8,11-12,15-20H2,1-6H3,(H,37,41)(H,38,42)(H,39,43)(H,40,44)/b23-13+,24-14+/t25?,26?,27?,30?,31?,32?,35-,36+/m0/s1.